The van der Waals surface area contributed by atoms with Crippen LogP contribution in [0, 0.1) is 12.8 Å². The van der Waals surface area contributed by atoms with Crippen molar-refractivity contribution in [1.29, 1.82) is 0 Å². The fraction of sp³-hybridized carbons (Fsp3) is 0.350. The van der Waals surface area contributed by atoms with Crippen molar-refractivity contribution in [2.24, 2.45) is 11.7 Å². The minimum Gasteiger partial charge on any atom is -0.348 e. The third kappa shape index (κ3) is 5.54. The molecule has 0 aliphatic heterocycles. The Morgan fingerprint density at radius 2 is 1.70 bits per heavy atom. The second-order valence-electron chi connectivity index (χ2n) is 6.92. The average molecular weight is 409 g/mol. The molecule has 0 saturated heterocycles. The molecule has 5 nitrogen and oxygen atoms in total. The average Bonchev–Trinajstić information content (AvgIpc) is 3.45. The van der Waals surface area contributed by atoms with Gasteiger partial charge < -0.3 is 11.1 Å². The van der Waals surface area contributed by atoms with Crippen LogP contribution in [0.4, 0.5) is 0 Å². The summed E-state index contributed by atoms with van der Waals surface area (Å²) >= 11 is 0. The Hall–Kier alpha value is -1.89. The maximum Gasteiger partial charge on any atom is 0.251 e. The Morgan fingerprint density at radius 1 is 1.11 bits per heavy atom. The Labute approximate surface area is 166 Å². The minimum atomic E-state index is -3.41. The number of aryl methyl sites for hydroxylation is 1. The highest BCUT2D eigenvalue weighted by atomic mass is 35.5. The van der Waals surface area contributed by atoms with Gasteiger partial charge in [0.1, 0.15) is 0 Å². The Balaban J connectivity index is 0.00000261. The summed E-state index contributed by atoms with van der Waals surface area (Å²) in [5, 5.41) is 2.96. The van der Waals surface area contributed by atoms with Gasteiger partial charge >= 0.3 is 0 Å². The molecule has 3 rings (SSSR count). The van der Waals surface area contributed by atoms with Gasteiger partial charge in [-0.15, -0.1) is 12.4 Å². The Bertz CT molecular complexity index is 876. The van der Waals surface area contributed by atoms with Gasteiger partial charge in [-0.1, -0.05) is 29.8 Å². The predicted octanol–water partition coefficient (Wildman–Crippen LogP) is 2.86. The number of rotatable bonds is 7. The van der Waals surface area contributed by atoms with Crippen molar-refractivity contribution >= 4 is 28.2 Å². The second-order valence-corrected chi connectivity index (χ2v) is 8.91. The highest BCUT2D eigenvalue weighted by molar-refractivity contribution is 7.90. The number of hydrogen-bond acceptors (Lipinski definition) is 4. The van der Waals surface area contributed by atoms with E-state index in [4.69, 9.17) is 5.73 Å². The predicted molar refractivity (Wildman–Crippen MR) is 109 cm³/mol. The van der Waals surface area contributed by atoms with Gasteiger partial charge in [0.25, 0.3) is 5.91 Å². The Morgan fingerprint density at radius 3 is 2.22 bits per heavy atom. The normalized spacial score (nSPS) is 14.9. The standard InChI is InChI=1S/C20H24N2O3S.ClH/c1-14-2-10-18(11-3-14)26(24,25)13-15-4-6-17(7-5-15)20(23)22-19(12-21)16-8-9-16;/h2-7,10-11,16,19H,8-9,12-13,21H2,1H3,(H,22,23);1H. The van der Waals surface area contributed by atoms with Crippen LogP contribution in [0.25, 0.3) is 0 Å². The number of amides is 1. The summed E-state index contributed by atoms with van der Waals surface area (Å²) in [7, 11) is -3.41. The quantitative estimate of drug-likeness (QED) is 0.737. The first kappa shape index (κ1) is 21.4. The molecule has 0 spiro atoms. The van der Waals surface area contributed by atoms with Crippen LogP contribution in [0.2, 0.25) is 0 Å². The molecule has 2 aromatic rings. The number of hydrogen-bond donors (Lipinski definition) is 2. The van der Waals surface area contributed by atoms with E-state index < -0.39 is 9.84 Å². The molecule has 0 radical (unpaired) electrons. The van der Waals surface area contributed by atoms with E-state index in [1.54, 1.807) is 48.5 Å². The van der Waals surface area contributed by atoms with Crippen LogP contribution in [0.3, 0.4) is 0 Å². The van der Waals surface area contributed by atoms with Gasteiger partial charge in [-0.2, -0.15) is 0 Å². The van der Waals surface area contributed by atoms with Crippen LogP contribution in [-0.2, 0) is 15.6 Å². The molecule has 1 aliphatic carbocycles. The van der Waals surface area contributed by atoms with Crippen molar-refractivity contribution in [2.75, 3.05) is 6.54 Å². The van der Waals surface area contributed by atoms with Gasteiger partial charge in [0.15, 0.2) is 9.84 Å². The van der Waals surface area contributed by atoms with Crippen molar-refractivity contribution in [1.82, 2.24) is 5.32 Å². The molecule has 1 fully saturated rings. The van der Waals surface area contributed by atoms with Crippen LogP contribution >= 0.6 is 12.4 Å². The largest absolute Gasteiger partial charge is 0.348 e. The maximum atomic E-state index is 12.5. The van der Waals surface area contributed by atoms with Gasteiger partial charge in [-0.3, -0.25) is 4.79 Å². The number of nitrogens with one attached hydrogen (secondary N) is 1. The molecule has 146 valence electrons. The lowest BCUT2D eigenvalue weighted by Gasteiger charge is -2.16. The zero-order valence-electron chi connectivity index (χ0n) is 15.2. The highest BCUT2D eigenvalue weighted by Gasteiger charge is 2.31. The summed E-state index contributed by atoms with van der Waals surface area (Å²) in [4.78, 5) is 12.6. The van der Waals surface area contributed by atoms with Crippen molar-refractivity contribution in [3.05, 3.63) is 65.2 Å². The maximum absolute atomic E-state index is 12.5. The van der Waals surface area contributed by atoms with E-state index in [-0.39, 0.29) is 30.1 Å². The third-order valence-corrected chi connectivity index (χ3v) is 6.42. The summed E-state index contributed by atoms with van der Waals surface area (Å²) in [6.45, 7) is 2.35. The molecule has 0 aromatic heterocycles. The van der Waals surface area contributed by atoms with Crippen molar-refractivity contribution < 1.29 is 13.2 Å². The lowest BCUT2D eigenvalue weighted by atomic mass is 10.1. The van der Waals surface area contributed by atoms with Gasteiger partial charge in [-0.25, -0.2) is 8.42 Å². The van der Waals surface area contributed by atoms with E-state index in [2.05, 4.69) is 5.32 Å². The van der Waals surface area contributed by atoms with Crippen LogP contribution in [-0.4, -0.2) is 26.9 Å². The van der Waals surface area contributed by atoms with Crippen molar-refractivity contribution in [2.45, 2.75) is 36.5 Å². The lowest BCUT2D eigenvalue weighted by molar-refractivity contribution is 0.0933. The molecule has 1 amide bonds. The molecular formula is C20H25ClN2O3S. The third-order valence-electron chi connectivity index (χ3n) is 4.71. The fourth-order valence-corrected chi connectivity index (χ4v) is 4.27. The highest BCUT2D eigenvalue weighted by Crippen LogP contribution is 2.32. The zero-order chi connectivity index (χ0) is 18.7. The summed E-state index contributed by atoms with van der Waals surface area (Å²) in [6, 6.07) is 13.5. The van der Waals surface area contributed by atoms with Gasteiger partial charge in [0.05, 0.1) is 10.6 Å². The molecule has 2 aromatic carbocycles. The number of nitrogens with two attached hydrogens (primary N) is 1. The first-order valence-electron chi connectivity index (χ1n) is 8.78. The summed E-state index contributed by atoms with van der Waals surface area (Å²) in [5.41, 5.74) is 7.90. The Kier molecular flexibility index (Phi) is 7.03. The molecule has 27 heavy (non-hydrogen) atoms. The van der Waals surface area contributed by atoms with Crippen molar-refractivity contribution in [3.8, 4) is 0 Å². The molecule has 0 bridgehead atoms. The summed E-state index contributed by atoms with van der Waals surface area (Å²) < 4.78 is 25.0. The molecular weight excluding hydrogens is 384 g/mol. The minimum absolute atomic E-state index is 0. The van der Waals surface area contributed by atoms with Crippen LogP contribution in [0.5, 0.6) is 0 Å². The monoisotopic (exact) mass is 408 g/mol. The first-order chi connectivity index (χ1) is 12.4. The van der Waals surface area contributed by atoms with E-state index in [1.807, 2.05) is 6.92 Å². The SMILES string of the molecule is Cc1ccc(S(=O)(=O)Cc2ccc(C(=O)NC(CN)C3CC3)cc2)cc1.Cl. The summed E-state index contributed by atoms with van der Waals surface area (Å²) in [6.07, 6.45) is 2.22. The summed E-state index contributed by atoms with van der Waals surface area (Å²) in [5.74, 6) is 0.231. The van der Waals surface area contributed by atoms with E-state index in [1.165, 1.54) is 0 Å². The molecule has 7 heteroatoms. The number of sulfone groups is 1. The number of carbonyl (C=O) groups excluding carboxylic acids is 1. The van der Waals surface area contributed by atoms with Crippen LogP contribution in [0.1, 0.15) is 34.3 Å². The number of carbonyl (C=O) groups is 1. The molecule has 1 unspecified atom stereocenters. The van der Waals surface area contributed by atoms with Gasteiger partial charge in [0.2, 0.25) is 0 Å². The number of halogens is 1. The molecule has 0 heterocycles. The molecule has 3 N–H and O–H groups in total. The topological polar surface area (TPSA) is 89.3 Å². The molecule has 1 aliphatic rings. The van der Waals surface area contributed by atoms with Crippen LogP contribution in [0.15, 0.2) is 53.4 Å². The first-order valence-corrected chi connectivity index (χ1v) is 10.4. The molecule has 1 saturated carbocycles. The van der Waals surface area contributed by atoms with Gasteiger partial charge in [-0.05, 0) is 55.5 Å². The van der Waals surface area contributed by atoms with E-state index in [9.17, 15) is 13.2 Å². The zero-order valence-corrected chi connectivity index (χ0v) is 16.9. The molecule has 1 atom stereocenters. The van der Waals surface area contributed by atoms with Crippen molar-refractivity contribution in [3.63, 3.8) is 0 Å². The second kappa shape index (κ2) is 8.87. The van der Waals surface area contributed by atoms with E-state index in [0.717, 1.165) is 18.4 Å². The fourth-order valence-electron chi connectivity index (χ4n) is 2.92. The van der Waals surface area contributed by atoms with E-state index in [0.29, 0.717) is 28.5 Å². The lowest BCUT2D eigenvalue weighted by Crippen LogP contribution is -2.41. The van der Waals surface area contributed by atoms with Gasteiger partial charge in [0, 0.05) is 18.2 Å². The van der Waals surface area contributed by atoms with Crippen LogP contribution < -0.4 is 11.1 Å². The smallest absolute Gasteiger partial charge is 0.251 e. The van der Waals surface area contributed by atoms with E-state index >= 15 is 0 Å². The number of benzene rings is 2.